The van der Waals surface area contributed by atoms with Crippen molar-refractivity contribution < 1.29 is 0 Å². The largest absolute Gasteiger partial charge is 0.354 e. The Kier molecular flexibility index (Phi) is 3.63. The van der Waals surface area contributed by atoms with Gasteiger partial charge in [0, 0.05) is 38.2 Å². The summed E-state index contributed by atoms with van der Waals surface area (Å²) in [6.45, 7) is 8.86. The highest BCUT2D eigenvalue weighted by atomic mass is 15.3. The Balaban J connectivity index is 1.70. The summed E-state index contributed by atoms with van der Waals surface area (Å²) in [7, 11) is 0. The molecule has 0 fully saturated rings. The van der Waals surface area contributed by atoms with Crippen molar-refractivity contribution >= 4 is 16.9 Å². The van der Waals surface area contributed by atoms with E-state index in [-0.39, 0.29) is 0 Å². The van der Waals surface area contributed by atoms with E-state index in [2.05, 4.69) is 43.5 Å². The minimum absolute atomic E-state index is 0.379. The van der Waals surface area contributed by atoms with Crippen LogP contribution in [-0.4, -0.2) is 42.8 Å². The van der Waals surface area contributed by atoms with Crippen LogP contribution in [0, 0.1) is 6.92 Å². The number of rotatable bonds is 2. The quantitative estimate of drug-likeness (QED) is 0.719. The van der Waals surface area contributed by atoms with Crippen LogP contribution in [0.25, 0.3) is 11.0 Å². The van der Waals surface area contributed by atoms with Crippen molar-refractivity contribution in [3.8, 4) is 0 Å². The molecular formula is C17H21N7. The van der Waals surface area contributed by atoms with E-state index >= 15 is 0 Å². The normalized spacial score (nSPS) is 14.9. The maximum Gasteiger partial charge on any atom is 0.164 e. The van der Waals surface area contributed by atoms with E-state index in [1.807, 2.05) is 19.1 Å². The molecule has 7 heteroatoms. The zero-order chi connectivity index (χ0) is 16.7. The minimum atomic E-state index is 0.379. The summed E-state index contributed by atoms with van der Waals surface area (Å²) in [6.07, 6.45) is 2.64. The Hall–Kier alpha value is -2.57. The van der Waals surface area contributed by atoms with Crippen LogP contribution in [0.5, 0.6) is 0 Å². The number of aromatic nitrogens is 6. The summed E-state index contributed by atoms with van der Waals surface area (Å²) in [5, 5.41) is 9.75. The highest BCUT2D eigenvalue weighted by Gasteiger charge is 2.22. The molecule has 3 aromatic heterocycles. The van der Waals surface area contributed by atoms with Crippen molar-refractivity contribution in [1.29, 1.82) is 0 Å². The Morgan fingerprint density at radius 3 is 2.79 bits per heavy atom. The maximum absolute atomic E-state index is 4.70. The number of nitrogens with zero attached hydrogens (tertiary/aromatic N) is 7. The lowest BCUT2D eigenvalue weighted by atomic mass is 10.2. The van der Waals surface area contributed by atoms with Gasteiger partial charge in [-0.3, -0.25) is 0 Å². The first-order chi connectivity index (χ1) is 11.6. The monoisotopic (exact) mass is 323 g/mol. The highest BCUT2D eigenvalue weighted by molar-refractivity contribution is 5.86. The van der Waals surface area contributed by atoms with E-state index in [0.29, 0.717) is 5.92 Å². The fraction of sp³-hybridized carbons (Fsp3) is 0.471. The zero-order valence-electron chi connectivity index (χ0n) is 14.3. The van der Waals surface area contributed by atoms with Gasteiger partial charge < -0.3 is 9.47 Å². The lowest BCUT2D eigenvalue weighted by Gasteiger charge is -2.22. The van der Waals surface area contributed by atoms with Crippen LogP contribution in [0.2, 0.25) is 0 Å². The van der Waals surface area contributed by atoms with Crippen molar-refractivity contribution in [2.24, 2.45) is 0 Å². The van der Waals surface area contributed by atoms with E-state index in [0.717, 1.165) is 60.4 Å². The highest BCUT2D eigenvalue weighted by Crippen LogP contribution is 2.25. The molecule has 7 nitrogen and oxygen atoms in total. The average molecular weight is 323 g/mol. The Labute approximate surface area is 140 Å². The summed E-state index contributed by atoms with van der Waals surface area (Å²) >= 11 is 0. The molecular weight excluding hydrogens is 302 g/mol. The molecule has 0 unspecified atom stereocenters. The lowest BCUT2D eigenvalue weighted by molar-refractivity contribution is 0.617. The average Bonchev–Trinajstić information content (AvgIpc) is 2.86. The van der Waals surface area contributed by atoms with Crippen molar-refractivity contribution in [3.63, 3.8) is 0 Å². The van der Waals surface area contributed by atoms with Gasteiger partial charge in [-0.15, -0.1) is 10.2 Å². The topological polar surface area (TPSA) is 72.6 Å². The van der Waals surface area contributed by atoms with Gasteiger partial charge in [-0.25, -0.2) is 15.0 Å². The maximum atomic E-state index is 4.70. The lowest BCUT2D eigenvalue weighted by Crippen LogP contribution is -2.28. The number of aryl methyl sites for hydroxylation is 1. The van der Waals surface area contributed by atoms with Crippen LogP contribution in [0.15, 0.2) is 18.3 Å². The Morgan fingerprint density at radius 1 is 1.08 bits per heavy atom. The first-order valence-corrected chi connectivity index (χ1v) is 8.40. The second-order valence-corrected chi connectivity index (χ2v) is 6.49. The summed E-state index contributed by atoms with van der Waals surface area (Å²) in [5.74, 6) is 4.23. The molecule has 0 spiro atoms. The standard InChI is InChI=1S/C17H21N7/c1-11(2)16-22-21-14-6-8-23(9-10-24(14)16)17-13-5-4-7-18-15(13)19-12(3)20-17/h4-5,7,11H,6,8-10H2,1-3H3. The van der Waals surface area contributed by atoms with Gasteiger partial charge >= 0.3 is 0 Å². The van der Waals surface area contributed by atoms with Gasteiger partial charge in [0.05, 0.1) is 5.39 Å². The molecule has 0 saturated carbocycles. The molecule has 0 N–H and O–H groups in total. The molecule has 124 valence electrons. The third-order valence-corrected chi connectivity index (χ3v) is 4.43. The van der Waals surface area contributed by atoms with Crippen LogP contribution < -0.4 is 4.90 Å². The molecule has 0 bridgehead atoms. The van der Waals surface area contributed by atoms with E-state index < -0.39 is 0 Å². The van der Waals surface area contributed by atoms with Gasteiger partial charge in [-0.05, 0) is 19.1 Å². The van der Waals surface area contributed by atoms with E-state index in [9.17, 15) is 0 Å². The third-order valence-electron chi connectivity index (χ3n) is 4.43. The number of anilines is 1. The van der Waals surface area contributed by atoms with Crippen LogP contribution in [0.3, 0.4) is 0 Å². The smallest absolute Gasteiger partial charge is 0.164 e. The van der Waals surface area contributed by atoms with Crippen molar-refractivity contribution in [2.45, 2.75) is 39.7 Å². The van der Waals surface area contributed by atoms with Crippen LogP contribution >= 0.6 is 0 Å². The Morgan fingerprint density at radius 2 is 1.96 bits per heavy atom. The predicted molar refractivity (Wildman–Crippen MR) is 92.1 cm³/mol. The molecule has 3 aromatic rings. The van der Waals surface area contributed by atoms with E-state index in [1.54, 1.807) is 6.20 Å². The fourth-order valence-electron chi connectivity index (χ4n) is 3.28. The molecule has 1 aliphatic heterocycles. The van der Waals surface area contributed by atoms with Gasteiger partial charge in [-0.1, -0.05) is 13.8 Å². The van der Waals surface area contributed by atoms with Crippen molar-refractivity contribution in [2.75, 3.05) is 18.0 Å². The van der Waals surface area contributed by atoms with Crippen LogP contribution in [0.4, 0.5) is 5.82 Å². The van der Waals surface area contributed by atoms with Crippen LogP contribution in [-0.2, 0) is 13.0 Å². The van der Waals surface area contributed by atoms with Gasteiger partial charge in [0.2, 0.25) is 0 Å². The molecule has 0 atom stereocenters. The molecule has 0 aromatic carbocycles. The summed E-state index contributed by atoms with van der Waals surface area (Å²) in [6, 6.07) is 3.98. The molecule has 0 amide bonds. The van der Waals surface area contributed by atoms with E-state index in [1.165, 1.54) is 0 Å². The molecule has 4 heterocycles. The second kappa shape index (κ2) is 5.81. The van der Waals surface area contributed by atoms with Crippen molar-refractivity contribution in [3.05, 3.63) is 35.8 Å². The molecule has 24 heavy (non-hydrogen) atoms. The molecule has 0 saturated heterocycles. The first kappa shape index (κ1) is 15.0. The molecule has 4 rings (SSSR count). The van der Waals surface area contributed by atoms with Crippen molar-refractivity contribution in [1.82, 2.24) is 29.7 Å². The van der Waals surface area contributed by atoms with Gasteiger partial charge in [0.25, 0.3) is 0 Å². The third kappa shape index (κ3) is 2.50. The SMILES string of the molecule is Cc1nc(N2CCc3nnc(C(C)C)n3CC2)c2cccnc2n1. The second-order valence-electron chi connectivity index (χ2n) is 6.49. The number of hydrogen-bond acceptors (Lipinski definition) is 6. The fourth-order valence-corrected chi connectivity index (χ4v) is 3.28. The zero-order valence-corrected chi connectivity index (χ0v) is 14.3. The number of pyridine rings is 1. The summed E-state index contributed by atoms with van der Waals surface area (Å²) in [5.41, 5.74) is 0.756. The molecule has 0 radical (unpaired) electrons. The minimum Gasteiger partial charge on any atom is -0.354 e. The predicted octanol–water partition coefficient (Wildman–Crippen LogP) is 2.11. The molecule has 0 aliphatic carbocycles. The van der Waals surface area contributed by atoms with E-state index in [4.69, 9.17) is 4.98 Å². The van der Waals surface area contributed by atoms with Gasteiger partial charge in [0.15, 0.2) is 5.65 Å². The molecule has 1 aliphatic rings. The van der Waals surface area contributed by atoms with Gasteiger partial charge in [-0.2, -0.15) is 0 Å². The van der Waals surface area contributed by atoms with Gasteiger partial charge in [0.1, 0.15) is 23.3 Å². The Bertz CT molecular complexity index is 884. The number of hydrogen-bond donors (Lipinski definition) is 0. The first-order valence-electron chi connectivity index (χ1n) is 8.40. The summed E-state index contributed by atoms with van der Waals surface area (Å²) < 4.78 is 2.26. The summed E-state index contributed by atoms with van der Waals surface area (Å²) in [4.78, 5) is 15.8. The number of fused-ring (bicyclic) bond motifs is 2. The van der Waals surface area contributed by atoms with Crippen LogP contribution in [0.1, 0.15) is 37.2 Å².